The number of hydrogen-bond donors (Lipinski definition) is 1. The number of carbonyl (C=O) groups is 2. The van der Waals surface area contributed by atoms with Gasteiger partial charge in [0.05, 0.1) is 11.3 Å². The van der Waals surface area contributed by atoms with Crippen molar-refractivity contribution >= 4 is 45.8 Å². The number of anilines is 2. The summed E-state index contributed by atoms with van der Waals surface area (Å²) < 4.78 is 1.87. The van der Waals surface area contributed by atoms with E-state index in [9.17, 15) is 9.59 Å². The Morgan fingerprint density at radius 3 is 2.53 bits per heavy atom. The number of rotatable bonds is 5. The molecule has 1 amide bonds. The van der Waals surface area contributed by atoms with Gasteiger partial charge < -0.3 is 14.8 Å². The number of fused-ring (bicyclic) bond motifs is 1. The van der Waals surface area contributed by atoms with E-state index in [0.29, 0.717) is 29.6 Å². The van der Waals surface area contributed by atoms with Gasteiger partial charge in [-0.1, -0.05) is 23.7 Å². The van der Waals surface area contributed by atoms with Crippen LogP contribution in [0.15, 0.2) is 60.9 Å². The van der Waals surface area contributed by atoms with Gasteiger partial charge >= 0.3 is 0 Å². The first kappa shape index (κ1) is 22.1. The van der Waals surface area contributed by atoms with Crippen LogP contribution in [-0.4, -0.2) is 44.2 Å². The molecule has 1 aliphatic rings. The highest BCUT2D eigenvalue weighted by Crippen LogP contribution is 2.27. The van der Waals surface area contributed by atoms with E-state index in [1.54, 1.807) is 17.3 Å². The Morgan fingerprint density at radius 2 is 1.76 bits per heavy atom. The second-order valence-corrected chi connectivity index (χ2v) is 8.90. The minimum atomic E-state index is -0.467. The summed E-state index contributed by atoms with van der Waals surface area (Å²) in [6.45, 7) is 1.28. The molecule has 3 heterocycles. The van der Waals surface area contributed by atoms with Crippen molar-refractivity contribution in [3.05, 3.63) is 71.5 Å². The van der Waals surface area contributed by atoms with Crippen LogP contribution in [0.2, 0.25) is 5.02 Å². The summed E-state index contributed by atoms with van der Waals surface area (Å²) in [7, 11) is 1.87. The van der Waals surface area contributed by atoms with Gasteiger partial charge in [0.25, 0.3) is 11.7 Å². The molecule has 1 N–H and O–H groups in total. The summed E-state index contributed by atoms with van der Waals surface area (Å²) in [5.74, 6) is -0.463. The fourth-order valence-electron chi connectivity index (χ4n) is 4.34. The molecule has 4 aromatic rings. The Hall–Kier alpha value is -3.71. The Morgan fingerprint density at radius 1 is 1.00 bits per heavy atom. The highest BCUT2D eigenvalue weighted by Gasteiger charge is 2.27. The maximum atomic E-state index is 13.1. The van der Waals surface area contributed by atoms with Crippen LogP contribution in [0.5, 0.6) is 0 Å². The molecule has 0 saturated carbocycles. The lowest BCUT2D eigenvalue weighted by molar-refractivity contribution is -0.127. The van der Waals surface area contributed by atoms with E-state index < -0.39 is 11.7 Å². The first-order valence-corrected chi connectivity index (χ1v) is 11.7. The number of hydrogen-bond acceptors (Lipinski definition) is 5. The van der Waals surface area contributed by atoms with Crippen LogP contribution in [0, 0.1) is 0 Å². The number of Topliss-reactive ketones (excluding diaryl/α,β-unsaturated/α-hetero) is 1. The minimum Gasteiger partial charge on any atom is -0.350 e. The summed E-state index contributed by atoms with van der Waals surface area (Å²) in [6, 6.07) is 15.0. The summed E-state index contributed by atoms with van der Waals surface area (Å²) in [5.41, 5.74) is 3.70. The minimum absolute atomic E-state index is 0.410. The predicted octanol–water partition coefficient (Wildman–Crippen LogP) is 5.23. The lowest BCUT2D eigenvalue weighted by atomic mass is 10.1. The zero-order valence-electron chi connectivity index (χ0n) is 18.8. The van der Waals surface area contributed by atoms with Crippen molar-refractivity contribution in [2.75, 3.05) is 18.4 Å². The van der Waals surface area contributed by atoms with Gasteiger partial charge in [-0.25, -0.2) is 9.97 Å². The summed E-state index contributed by atoms with van der Waals surface area (Å²) in [6.07, 6.45) is 6.40. The SMILES string of the molecule is Cn1cc(C(=O)C(=O)N2CCCCC2)c2cc(Nc3nccc(-c4ccc(Cl)cc4)n3)ccc21. The van der Waals surface area contributed by atoms with Crippen molar-refractivity contribution in [1.82, 2.24) is 19.4 Å². The highest BCUT2D eigenvalue weighted by atomic mass is 35.5. The second-order valence-electron chi connectivity index (χ2n) is 8.46. The lowest BCUT2D eigenvalue weighted by Crippen LogP contribution is -2.40. The van der Waals surface area contributed by atoms with Crippen LogP contribution >= 0.6 is 11.6 Å². The van der Waals surface area contributed by atoms with Crippen LogP contribution in [0.3, 0.4) is 0 Å². The first-order chi connectivity index (χ1) is 16.5. The van der Waals surface area contributed by atoms with E-state index in [2.05, 4.69) is 15.3 Å². The molecule has 1 fully saturated rings. The molecule has 7 nitrogen and oxygen atoms in total. The van der Waals surface area contributed by atoms with Crippen LogP contribution in [-0.2, 0) is 11.8 Å². The molecule has 34 heavy (non-hydrogen) atoms. The number of ketones is 1. The maximum Gasteiger partial charge on any atom is 0.295 e. The molecule has 0 unspecified atom stereocenters. The van der Waals surface area contributed by atoms with Gasteiger partial charge in [0, 0.05) is 59.7 Å². The third-order valence-electron chi connectivity index (χ3n) is 6.12. The number of benzene rings is 2. The molecule has 2 aromatic carbocycles. The van der Waals surface area contributed by atoms with Crippen molar-refractivity contribution in [2.45, 2.75) is 19.3 Å². The molecule has 2 aromatic heterocycles. The van der Waals surface area contributed by atoms with Crippen molar-refractivity contribution in [1.29, 1.82) is 0 Å². The van der Waals surface area contributed by atoms with Crippen molar-refractivity contribution in [3.63, 3.8) is 0 Å². The van der Waals surface area contributed by atoms with E-state index >= 15 is 0 Å². The molecule has 0 bridgehead atoms. The number of aryl methyl sites for hydroxylation is 1. The number of aromatic nitrogens is 3. The van der Waals surface area contributed by atoms with Crippen LogP contribution in [0.1, 0.15) is 29.6 Å². The number of amides is 1. The summed E-state index contributed by atoms with van der Waals surface area (Å²) in [5, 5.41) is 4.60. The van der Waals surface area contributed by atoms with E-state index in [0.717, 1.165) is 47.1 Å². The van der Waals surface area contributed by atoms with Crippen molar-refractivity contribution in [2.24, 2.45) is 7.05 Å². The van der Waals surface area contributed by atoms with Gasteiger partial charge in [0.2, 0.25) is 5.95 Å². The Labute approximate surface area is 202 Å². The number of likely N-dealkylation sites (tertiary alicyclic amines) is 1. The smallest absolute Gasteiger partial charge is 0.295 e. The fourth-order valence-corrected chi connectivity index (χ4v) is 4.46. The number of nitrogens with zero attached hydrogens (tertiary/aromatic N) is 4. The molecule has 0 aliphatic carbocycles. The van der Waals surface area contributed by atoms with Gasteiger partial charge in [0.15, 0.2) is 0 Å². The summed E-state index contributed by atoms with van der Waals surface area (Å²) >= 11 is 5.99. The molecule has 0 atom stereocenters. The van der Waals surface area contributed by atoms with Gasteiger partial charge in [0.1, 0.15) is 0 Å². The number of piperidine rings is 1. The topological polar surface area (TPSA) is 80.1 Å². The molecule has 5 rings (SSSR count). The molecule has 0 spiro atoms. The molecular weight excluding hydrogens is 450 g/mol. The third-order valence-corrected chi connectivity index (χ3v) is 6.38. The van der Waals surface area contributed by atoms with E-state index in [1.807, 2.05) is 60.1 Å². The molecule has 8 heteroatoms. The first-order valence-electron chi connectivity index (χ1n) is 11.3. The fraction of sp³-hybridized carbons (Fsp3) is 0.231. The average Bonchev–Trinajstić information content (AvgIpc) is 3.20. The highest BCUT2D eigenvalue weighted by molar-refractivity contribution is 6.45. The predicted molar refractivity (Wildman–Crippen MR) is 133 cm³/mol. The summed E-state index contributed by atoms with van der Waals surface area (Å²) in [4.78, 5) is 36.6. The standard InChI is InChI=1S/C26H24ClN5O2/c1-31-16-21(24(33)25(34)32-13-3-2-4-14-32)20-15-19(9-10-23(20)31)29-26-28-12-11-22(30-26)17-5-7-18(27)8-6-17/h5-12,15-16H,2-4,13-14H2,1H3,(H,28,29,30). The molecule has 1 aliphatic heterocycles. The molecular formula is C26H24ClN5O2. The van der Waals surface area contributed by atoms with Crippen LogP contribution in [0.4, 0.5) is 11.6 Å². The Bertz CT molecular complexity index is 1370. The molecule has 172 valence electrons. The van der Waals surface area contributed by atoms with E-state index in [-0.39, 0.29) is 0 Å². The van der Waals surface area contributed by atoms with Crippen molar-refractivity contribution in [3.8, 4) is 11.3 Å². The number of halogens is 1. The quantitative estimate of drug-likeness (QED) is 0.317. The maximum absolute atomic E-state index is 13.1. The van der Waals surface area contributed by atoms with Crippen molar-refractivity contribution < 1.29 is 9.59 Å². The lowest BCUT2D eigenvalue weighted by Gasteiger charge is -2.25. The van der Waals surface area contributed by atoms with Gasteiger partial charge in [-0.15, -0.1) is 0 Å². The molecule has 1 saturated heterocycles. The van der Waals surface area contributed by atoms with Gasteiger partial charge in [-0.05, 0) is 55.7 Å². The van der Waals surface area contributed by atoms with Crippen LogP contribution < -0.4 is 5.32 Å². The van der Waals surface area contributed by atoms with Gasteiger partial charge in [-0.3, -0.25) is 9.59 Å². The average molecular weight is 474 g/mol. The van der Waals surface area contributed by atoms with Crippen LogP contribution in [0.25, 0.3) is 22.2 Å². The zero-order chi connectivity index (χ0) is 23.7. The third kappa shape index (κ3) is 4.39. The number of nitrogens with one attached hydrogen (secondary N) is 1. The number of carbonyl (C=O) groups excluding carboxylic acids is 2. The second kappa shape index (κ2) is 9.27. The Kier molecular flexibility index (Phi) is 6.02. The van der Waals surface area contributed by atoms with E-state index in [4.69, 9.17) is 11.6 Å². The largest absolute Gasteiger partial charge is 0.350 e. The zero-order valence-corrected chi connectivity index (χ0v) is 19.5. The monoisotopic (exact) mass is 473 g/mol. The normalized spacial score (nSPS) is 13.8. The Balaban J connectivity index is 1.43. The molecule has 0 radical (unpaired) electrons. The van der Waals surface area contributed by atoms with Gasteiger partial charge in [-0.2, -0.15) is 0 Å². The van der Waals surface area contributed by atoms with E-state index in [1.165, 1.54) is 0 Å².